The molecule has 0 saturated carbocycles. The number of hydrogen-bond acceptors (Lipinski definition) is 1. The number of hydrogen-bond donors (Lipinski definition) is 0. The average molecular weight is 197 g/mol. The highest BCUT2D eigenvalue weighted by Gasteiger charge is 2.25. The van der Waals surface area contributed by atoms with Crippen LogP contribution in [-0.2, 0) is 11.2 Å². The lowest BCUT2D eigenvalue weighted by Gasteiger charge is -2.12. The Morgan fingerprint density at radius 2 is 2.08 bits per heavy atom. The predicted octanol–water partition coefficient (Wildman–Crippen LogP) is 2.63. The van der Waals surface area contributed by atoms with Gasteiger partial charge in [0.25, 0.3) is 0 Å². The predicted molar refractivity (Wildman–Crippen MR) is 54.1 cm³/mol. The summed E-state index contributed by atoms with van der Waals surface area (Å²) in [5, 5.41) is 0.195. The molecular formula is C11H13ClO. The first-order valence-electron chi connectivity index (χ1n) is 4.66. The molecule has 0 bridgehead atoms. The lowest BCUT2D eigenvalue weighted by atomic mass is 10.1. The van der Waals surface area contributed by atoms with Gasteiger partial charge in [-0.1, -0.05) is 30.3 Å². The minimum Gasteiger partial charge on any atom is -0.376 e. The Kier molecular flexibility index (Phi) is 2.87. The molecule has 1 aliphatic heterocycles. The average Bonchev–Trinajstić information content (AvgIpc) is 2.54. The third kappa shape index (κ3) is 2.23. The first kappa shape index (κ1) is 9.04. The summed E-state index contributed by atoms with van der Waals surface area (Å²) in [6.07, 6.45) is 2.14. The number of alkyl halides is 1. The third-order valence-corrected chi connectivity index (χ3v) is 2.91. The van der Waals surface area contributed by atoms with Gasteiger partial charge in [-0.3, -0.25) is 0 Å². The van der Waals surface area contributed by atoms with Crippen molar-refractivity contribution in [1.29, 1.82) is 0 Å². The van der Waals surface area contributed by atoms with E-state index in [1.807, 2.05) is 18.2 Å². The summed E-state index contributed by atoms with van der Waals surface area (Å²) < 4.78 is 5.54. The summed E-state index contributed by atoms with van der Waals surface area (Å²) in [5.74, 6) is 0. The van der Waals surface area contributed by atoms with Gasteiger partial charge in [0.05, 0.1) is 11.5 Å². The Hall–Kier alpha value is -0.530. The van der Waals surface area contributed by atoms with Crippen molar-refractivity contribution in [2.24, 2.45) is 0 Å². The van der Waals surface area contributed by atoms with Crippen molar-refractivity contribution < 1.29 is 4.74 Å². The van der Waals surface area contributed by atoms with Gasteiger partial charge in [-0.15, -0.1) is 11.6 Å². The van der Waals surface area contributed by atoms with Crippen LogP contribution >= 0.6 is 11.6 Å². The van der Waals surface area contributed by atoms with Crippen LogP contribution in [0.15, 0.2) is 30.3 Å². The van der Waals surface area contributed by atoms with Crippen LogP contribution in [0, 0.1) is 0 Å². The molecule has 1 saturated heterocycles. The molecule has 0 amide bonds. The minimum atomic E-state index is 0.195. The normalized spacial score (nSPS) is 27.8. The van der Waals surface area contributed by atoms with Crippen LogP contribution in [-0.4, -0.2) is 18.1 Å². The molecule has 1 aromatic carbocycles. The first-order chi connectivity index (χ1) is 6.36. The highest BCUT2D eigenvalue weighted by atomic mass is 35.5. The Morgan fingerprint density at radius 3 is 2.69 bits per heavy atom. The molecule has 2 rings (SSSR count). The molecule has 0 unspecified atom stereocenters. The van der Waals surface area contributed by atoms with Gasteiger partial charge < -0.3 is 4.74 Å². The van der Waals surface area contributed by atoms with Crippen LogP contribution in [0.25, 0.3) is 0 Å². The number of benzene rings is 1. The van der Waals surface area contributed by atoms with Crippen molar-refractivity contribution >= 4 is 11.6 Å². The smallest absolute Gasteiger partial charge is 0.0779 e. The van der Waals surface area contributed by atoms with Crippen molar-refractivity contribution in [3.05, 3.63) is 35.9 Å². The van der Waals surface area contributed by atoms with Gasteiger partial charge in [0.1, 0.15) is 0 Å². The molecule has 70 valence electrons. The van der Waals surface area contributed by atoms with Gasteiger partial charge >= 0.3 is 0 Å². The number of ether oxygens (including phenoxy) is 1. The minimum absolute atomic E-state index is 0.195. The first-order valence-corrected chi connectivity index (χ1v) is 5.09. The SMILES string of the molecule is Cl[C@@H]1CCO[C@H]1Cc1ccccc1. The zero-order valence-corrected chi connectivity index (χ0v) is 8.20. The van der Waals surface area contributed by atoms with Gasteiger partial charge in [0.15, 0.2) is 0 Å². The summed E-state index contributed by atoms with van der Waals surface area (Å²) in [6.45, 7) is 0.811. The molecule has 2 atom stereocenters. The topological polar surface area (TPSA) is 9.23 Å². The molecule has 1 nitrogen and oxygen atoms in total. The van der Waals surface area contributed by atoms with Crippen LogP contribution in [0.4, 0.5) is 0 Å². The summed E-state index contributed by atoms with van der Waals surface area (Å²) in [6, 6.07) is 10.4. The fourth-order valence-electron chi connectivity index (χ4n) is 1.66. The lowest BCUT2D eigenvalue weighted by molar-refractivity contribution is 0.112. The van der Waals surface area contributed by atoms with Crippen LogP contribution in [0.5, 0.6) is 0 Å². The maximum absolute atomic E-state index is 6.10. The Morgan fingerprint density at radius 1 is 1.31 bits per heavy atom. The number of halogens is 1. The maximum atomic E-state index is 6.10. The fourth-order valence-corrected chi connectivity index (χ4v) is 1.91. The molecule has 1 heterocycles. The van der Waals surface area contributed by atoms with E-state index >= 15 is 0 Å². The third-order valence-electron chi connectivity index (χ3n) is 2.41. The molecule has 0 aliphatic carbocycles. The van der Waals surface area contributed by atoms with Crippen molar-refractivity contribution in [3.63, 3.8) is 0 Å². The molecule has 0 spiro atoms. The van der Waals surface area contributed by atoms with E-state index in [0.717, 1.165) is 19.4 Å². The molecule has 0 N–H and O–H groups in total. The van der Waals surface area contributed by atoms with E-state index in [2.05, 4.69) is 12.1 Å². The quantitative estimate of drug-likeness (QED) is 0.661. The van der Waals surface area contributed by atoms with E-state index < -0.39 is 0 Å². The Bertz CT molecular complexity index is 260. The van der Waals surface area contributed by atoms with Crippen molar-refractivity contribution in [1.82, 2.24) is 0 Å². The summed E-state index contributed by atoms with van der Waals surface area (Å²) in [4.78, 5) is 0. The highest BCUT2D eigenvalue weighted by molar-refractivity contribution is 6.21. The molecular weight excluding hydrogens is 184 g/mol. The maximum Gasteiger partial charge on any atom is 0.0779 e. The second kappa shape index (κ2) is 4.12. The van der Waals surface area contributed by atoms with Crippen LogP contribution < -0.4 is 0 Å². The molecule has 1 aromatic rings. The molecule has 0 aromatic heterocycles. The van der Waals surface area contributed by atoms with Crippen LogP contribution in [0.2, 0.25) is 0 Å². The van der Waals surface area contributed by atoms with Crippen molar-refractivity contribution in [2.75, 3.05) is 6.61 Å². The summed E-state index contributed by atoms with van der Waals surface area (Å²) >= 11 is 6.10. The van der Waals surface area contributed by atoms with Gasteiger partial charge in [-0.2, -0.15) is 0 Å². The van der Waals surface area contributed by atoms with E-state index in [1.54, 1.807) is 0 Å². The second-order valence-electron chi connectivity index (χ2n) is 3.40. The standard InChI is InChI=1S/C11H13ClO/c12-10-6-7-13-11(10)8-9-4-2-1-3-5-9/h1-5,10-11H,6-8H2/t10-,11+/m1/s1. The molecule has 0 radical (unpaired) electrons. The molecule has 13 heavy (non-hydrogen) atoms. The van der Waals surface area contributed by atoms with E-state index in [1.165, 1.54) is 5.56 Å². The Labute approximate surface area is 83.7 Å². The van der Waals surface area contributed by atoms with Crippen molar-refractivity contribution in [3.8, 4) is 0 Å². The zero-order valence-electron chi connectivity index (χ0n) is 7.45. The monoisotopic (exact) mass is 196 g/mol. The number of rotatable bonds is 2. The highest BCUT2D eigenvalue weighted by Crippen LogP contribution is 2.22. The van der Waals surface area contributed by atoms with E-state index in [0.29, 0.717) is 0 Å². The molecule has 1 fully saturated rings. The largest absolute Gasteiger partial charge is 0.376 e. The van der Waals surface area contributed by atoms with Gasteiger partial charge in [0.2, 0.25) is 0 Å². The summed E-state index contributed by atoms with van der Waals surface area (Å²) in [5.41, 5.74) is 1.31. The van der Waals surface area contributed by atoms with Gasteiger partial charge in [0, 0.05) is 13.0 Å². The fraction of sp³-hybridized carbons (Fsp3) is 0.455. The Balaban J connectivity index is 1.98. The van der Waals surface area contributed by atoms with Crippen LogP contribution in [0.3, 0.4) is 0 Å². The second-order valence-corrected chi connectivity index (χ2v) is 3.96. The molecule has 2 heteroatoms. The van der Waals surface area contributed by atoms with E-state index in [9.17, 15) is 0 Å². The van der Waals surface area contributed by atoms with E-state index in [-0.39, 0.29) is 11.5 Å². The van der Waals surface area contributed by atoms with Crippen molar-refractivity contribution in [2.45, 2.75) is 24.3 Å². The molecule has 1 aliphatic rings. The lowest BCUT2D eigenvalue weighted by Crippen LogP contribution is -2.18. The van der Waals surface area contributed by atoms with Crippen LogP contribution in [0.1, 0.15) is 12.0 Å². The van der Waals surface area contributed by atoms with E-state index in [4.69, 9.17) is 16.3 Å². The zero-order chi connectivity index (χ0) is 9.10. The van der Waals surface area contributed by atoms with Gasteiger partial charge in [-0.05, 0) is 12.0 Å². The summed E-state index contributed by atoms with van der Waals surface area (Å²) in [7, 11) is 0. The van der Waals surface area contributed by atoms with Gasteiger partial charge in [-0.25, -0.2) is 0 Å².